The lowest BCUT2D eigenvalue weighted by Gasteiger charge is -2.46. The zero-order valence-electron chi connectivity index (χ0n) is 10.6. The van der Waals surface area contributed by atoms with Gasteiger partial charge in [0.15, 0.2) is 5.78 Å². The van der Waals surface area contributed by atoms with Crippen molar-refractivity contribution in [2.24, 2.45) is 5.92 Å². The van der Waals surface area contributed by atoms with Crippen LogP contribution in [0, 0.1) is 11.7 Å². The smallest absolute Gasteiger partial charge is 0.167 e. The van der Waals surface area contributed by atoms with Gasteiger partial charge >= 0.3 is 0 Å². The van der Waals surface area contributed by atoms with E-state index in [1.807, 2.05) is 0 Å². The molecule has 2 nitrogen and oxygen atoms in total. The van der Waals surface area contributed by atoms with Crippen molar-refractivity contribution in [2.45, 2.75) is 37.7 Å². The van der Waals surface area contributed by atoms with Crippen molar-refractivity contribution in [1.82, 2.24) is 0 Å². The molecule has 1 aliphatic carbocycles. The normalized spacial score (nSPS) is 25.1. The Labute approximate surface area is 120 Å². The number of hydrogen-bond acceptors (Lipinski definition) is 2. The van der Waals surface area contributed by atoms with Gasteiger partial charge in [0.2, 0.25) is 0 Å². The summed E-state index contributed by atoms with van der Waals surface area (Å²) < 4.78 is 19.6. The van der Waals surface area contributed by atoms with Crippen LogP contribution in [0.15, 0.2) is 22.7 Å². The van der Waals surface area contributed by atoms with Crippen LogP contribution in [0.4, 0.5) is 4.39 Å². The molecule has 0 N–H and O–H groups in total. The minimum Gasteiger partial charge on any atom is -0.375 e. The Morgan fingerprint density at radius 3 is 2.89 bits per heavy atom. The molecule has 1 aromatic carbocycles. The molecule has 2 aliphatic rings. The lowest BCUT2D eigenvalue weighted by atomic mass is 9.70. The largest absolute Gasteiger partial charge is 0.375 e. The van der Waals surface area contributed by atoms with Gasteiger partial charge < -0.3 is 4.74 Å². The number of ether oxygens (including phenoxy) is 1. The van der Waals surface area contributed by atoms with Gasteiger partial charge in [-0.2, -0.15) is 0 Å². The van der Waals surface area contributed by atoms with E-state index in [-0.39, 0.29) is 27.6 Å². The van der Waals surface area contributed by atoms with Crippen LogP contribution >= 0.6 is 15.9 Å². The average Bonchev–Trinajstić information content (AvgIpc) is 2.39. The first-order chi connectivity index (χ1) is 9.11. The molecular formula is C15H16BrFO2. The molecule has 1 spiro atoms. The molecule has 0 amide bonds. The molecule has 0 aromatic heterocycles. The number of carbonyl (C=O) groups is 1. The molecule has 1 aromatic rings. The Balaban J connectivity index is 1.81. The summed E-state index contributed by atoms with van der Waals surface area (Å²) >= 11 is 3.18. The summed E-state index contributed by atoms with van der Waals surface area (Å²) in [5.41, 5.74) is 0.402. The summed E-state index contributed by atoms with van der Waals surface area (Å²) in [6.07, 6.45) is 4.82. The topological polar surface area (TPSA) is 26.3 Å². The van der Waals surface area contributed by atoms with E-state index in [0.29, 0.717) is 12.2 Å². The SMILES string of the molecule is O=C(c1cccc(F)c1Br)C1CCOC2(CCC2)C1. The van der Waals surface area contributed by atoms with Gasteiger partial charge in [-0.15, -0.1) is 0 Å². The van der Waals surface area contributed by atoms with E-state index in [4.69, 9.17) is 4.74 Å². The van der Waals surface area contributed by atoms with E-state index < -0.39 is 0 Å². The highest BCUT2D eigenvalue weighted by Gasteiger charge is 2.44. The Morgan fingerprint density at radius 1 is 1.42 bits per heavy atom. The number of halogens is 2. The van der Waals surface area contributed by atoms with E-state index in [1.165, 1.54) is 12.5 Å². The highest BCUT2D eigenvalue weighted by molar-refractivity contribution is 9.10. The monoisotopic (exact) mass is 326 g/mol. The van der Waals surface area contributed by atoms with Crippen molar-refractivity contribution in [1.29, 1.82) is 0 Å². The van der Waals surface area contributed by atoms with Crippen LogP contribution in [-0.2, 0) is 4.74 Å². The molecular weight excluding hydrogens is 311 g/mol. The molecule has 0 radical (unpaired) electrons. The summed E-state index contributed by atoms with van der Waals surface area (Å²) in [5, 5.41) is 0. The van der Waals surface area contributed by atoms with Crippen molar-refractivity contribution in [3.8, 4) is 0 Å². The zero-order valence-corrected chi connectivity index (χ0v) is 12.2. The lowest BCUT2D eigenvalue weighted by molar-refractivity contribution is -0.137. The van der Waals surface area contributed by atoms with E-state index in [9.17, 15) is 9.18 Å². The number of ketones is 1. The third kappa shape index (κ3) is 2.36. The third-order valence-corrected chi connectivity index (χ3v) is 5.15. The molecule has 4 heteroatoms. The summed E-state index contributed by atoms with van der Waals surface area (Å²) in [4.78, 5) is 12.5. The fourth-order valence-corrected chi connectivity index (χ4v) is 3.54. The van der Waals surface area contributed by atoms with Crippen LogP contribution in [0.25, 0.3) is 0 Å². The molecule has 19 heavy (non-hydrogen) atoms. The van der Waals surface area contributed by atoms with Crippen LogP contribution < -0.4 is 0 Å². The first-order valence-corrected chi connectivity index (χ1v) is 7.53. The number of carbonyl (C=O) groups excluding carboxylic acids is 1. The van der Waals surface area contributed by atoms with Crippen LogP contribution in [-0.4, -0.2) is 18.0 Å². The predicted molar refractivity (Wildman–Crippen MR) is 73.7 cm³/mol. The first kappa shape index (κ1) is 13.3. The van der Waals surface area contributed by atoms with E-state index in [1.54, 1.807) is 12.1 Å². The van der Waals surface area contributed by atoms with Crippen LogP contribution in [0.1, 0.15) is 42.5 Å². The number of hydrogen-bond donors (Lipinski definition) is 0. The molecule has 1 heterocycles. The van der Waals surface area contributed by atoms with Gasteiger partial charge in [-0.1, -0.05) is 12.1 Å². The molecule has 1 saturated carbocycles. The Kier molecular flexibility index (Phi) is 3.48. The number of Topliss-reactive ketones (excluding diaryl/α,β-unsaturated/α-hetero) is 1. The van der Waals surface area contributed by atoms with Gasteiger partial charge in [0.1, 0.15) is 5.82 Å². The molecule has 1 saturated heterocycles. The maximum absolute atomic E-state index is 13.5. The molecule has 1 atom stereocenters. The summed E-state index contributed by atoms with van der Waals surface area (Å²) in [7, 11) is 0. The number of benzene rings is 1. The Hall–Kier alpha value is -0.740. The maximum atomic E-state index is 13.5. The summed E-state index contributed by atoms with van der Waals surface area (Å²) in [6.45, 7) is 0.642. The molecule has 1 aliphatic heterocycles. The third-order valence-electron chi connectivity index (χ3n) is 4.35. The predicted octanol–water partition coefficient (Wildman–Crippen LogP) is 4.12. The summed E-state index contributed by atoms with van der Waals surface area (Å²) in [6, 6.07) is 4.64. The van der Waals surface area contributed by atoms with E-state index in [2.05, 4.69) is 15.9 Å². The quantitative estimate of drug-likeness (QED) is 0.764. The second-order valence-electron chi connectivity index (χ2n) is 5.54. The lowest BCUT2D eigenvalue weighted by Crippen LogP contribution is -2.47. The van der Waals surface area contributed by atoms with Crippen molar-refractivity contribution < 1.29 is 13.9 Å². The van der Waals surface area contributed by atoms with Gasteiger partial charge in [0.25, 0.3) is 0 Å². The van der Waals surface area contributed by atoms with Crippen molar-refractivity contribution >= 4 is 21.7 Å². The van der Waals surface area contributed by atoms with E-state index in [0.717, 1.165) is 25.7 Å². The van der Waals surface area contributed by atoms with Gasteiger partial charge in [-0.25, -0.2) is 4.39 Å². The minimum absolute atomic E-state index is 0.0350. The van der Waals surface area contributed by atoms with Gasteiger partial charge in [-0.05, 0) is 54.1 Å². The molecule has 1 unspecified atom stereocenters. The van der Waals surface area contributed by atoms with Gasteiger partial charge in [-0.3, -0.25) is 4.79 Å². The fourth-order valence-electron chi connectivity index (χ4n) is 3.09. The van der Waals surface area contributed by atoms with Crippen molar-refractivity contribution in [3.63, 3.8) is 0 Å². The van der Waals surface area contributed by atoms with E-state index >= 15 is 0 Å². The highest BCUT2D eigenvalue weighted by Crippen LogP contribution is 2.45. The molecule has 0 bridgehead atoms. The van der Waals surface area contributed by atoms with Crippen molar-refractivity contribution in [3.05, 3.63) is 34.1 Å². The van der Waals surface area contributed by atoms with Crippen LogP contribution in [0.5, 0.6) is 0 Å². The standard InChI is InChI=1S/C15H16BrFO2/c16-13-11(3-1-4-12(13)17)14(18)10-5-8-19-15(9-10)6-2-7-15/h1,3-4,10H,2,5-9H2. The Morgan fingerprint density at radius 2 is 2.21 bits per heavy atom. The zero-order chi connectivity index (χ0) is 13.5. The number of rotatable bonds is 2. The maximum Gasteiger partial charge on any atom is 0.167 e. The average molecular weight is 327 g/mol. The Bertz CT molecular complexity index is 511. The highest BCUT2D eigenvalue weighted by atomic mass is 79.9. The first-order valence-electron chi connectivity index (χ1n) is 6.73. The molecule has 3 rings (SSSR count). The van der Waals surface area contributed by atoms with Gasteiger partial charge in [0, 0.05) is 18.1 Å². The fraction of sp³-hybridized carbons (Fsp3) is 0.533. The summed E-state index contributed by atoms with van der Waals surface area (Å²) in [5.74, 6) is -0.371. The second-order valence-corrected chi connectivity index (χ2v) is 6.33. The second kappa shape index (κ2) is 4.98. The van der Waals surface area contributed by atoms with Gasteiger partial charge in [0.05, 0.1) is 10.1 Å². The minimum atomic E-state index is -0.378. The van der Waals surface area contributed by atoms with Crippen LogP contribution in [0.3, 0.4) is 0 Å². The molecule has 102 valence electrons. The van der Waals surface area contributed by atoms with Crippen LogP contribution in [0.2, 0.25) is 0 Å². The van der Waals surface area contributed by atoms with Crippen molar-refractivity contribution in [2.75, 3.05) is 6.61 Å². The molecule has 2 fully saturated rings.